The summed E-state index contributed by atoms with van der Waals surface area (Å²) in [7, 11) is 0. The van der Waals surface area contributed by atoms with Crippen molar-refractivity contribution in [3.8, 4) is 0 Å². The van der Waals surface area contributed by atoms with Crippen LogP contribution in [0.15, 0.2) is 30.3 Å². The minimum absolute atomic E-state index is 0.0340. The lowest BCUT2D eigenvalue weighted by Gasteiger charge is -2.35. The molecule has 0 aliphatic carbocycles. The molecule has 0 radical (unpaired) electrons. The van der Waals surface area contributed by atoms with Gasteiger partial charge in [-0.2, -0.15) is 5.10 Å². The van der Waals surface area contributed by atoms with Crippen molar-refractivity contribution in [3.63, 3.8) is 0 Å². The summed E-state index contributed by atoms with van der Waals surface area (Å²) in [5, 5.41) is 10.6. The van der Waals surface area contributed by atoms with Crippen molar-refractivity contribution in [2.24, 2.45) is 0 Å². The van der Waals surface area contributed by atoms with Crippen molar-refractivity contribution in [2.75, 3.05) is 36.4 Å². The summed E-state index contributed by atoms with van der Waals surface area (Å²) in [6.45, 7) is 4.04. The number of nitrogens with one attached hydrogen (secondary N) is 1. The van der Waals surface area contributed by atoms with Crippen LogP contribution < -0.4 is 10.2 Å². The van der Waals surface area contributed by atoms with Crippen LogP contribution in [0.4, 0.5) is 25.1 Å². The Morgan fingerprint density at radius 2 is 1.83 bits per heavy atom. The Balaban J connectivity index is 1.58. The van der Waals surface area contributed by atoms with Gasteiger partial charge in [0.15, 0.2) is 5.82 Å². The second kappa shape index (κ2) is 6.77. The van der Waals surface area contributed by atoms with E-state index in [-0.39, 0.29) is 5.69 Å². The van der Waals surface area contributed by atoms with E-state index in [0.29, 0.717) is 26.2 Å². The first-order valence-electron chi connectivity index (χ1n) is 7.59. The summed E-state index contributed by atoms with van der Waals surface area (Å²) >= 11 is 0. The molecule has 0 atom stereocenters. The maximum Gasteiger partial charge on any atom is 0.322 e. The van der Waals surface area contributed by atoms with Crippen molar-refractivity contribution in [2.45, 2.75) is 6.92 Å². The van der Waals surface area contributed by atoms with Gasteiger partial charge in [0.2, 0.25) is 0 Å². The monoisotopic (exact) mass is 333 g/mol. The van der Waals surface area contributed by atoms with E-state index >= 15 is 0 Å². The molecular formula is C16H17F2N5O. The van der Waals surface area contributed by atoms with Gasteiger partial charge in [0.25, 0.3) is 0 Å². The third-order valence-corrected chi connectivity index (χ3v) is 3.85. The number of urea groups is 1. The topological polar surface area (TPSA) is 61.4 Å². The average Bonchev–Trinajstić information content (AvgIpc) is 2.58. The van der Waals surface area contributed by atoms with Crippen LogP contribution in [0, 0.1) is 18.6 Å². The predicted molar refractivity (Wildman–Crippen MR) is 85.9 cm³/mol. The number of halogens is 2. The fourth-order valence-electron chi connectivity index (χ4n) is 2.48. The van der Waals surface area contributed by atoms with Gasteiger partial charge < -0.3 is 15.1 Å². The highest BCUT2D eigenvalue weighted by molar-refractivity contribution is 5.89. The number of aromatic nitrogens is 2. The number of piperazine rings is 1. The molecule has 2 aromatic rings. The third-order valence-electron chi connectivity index (χ3n) is 3.85. The summed E-state index contributed by atoms with van der Waals surface area (Å²) in [5.74, 6) is -0.708. The second-order valence-electron chi connectivity index (χ2n) is 5.56. The third kappa shape index (κ3) is 3.58. The quantitative estimate of drug-likeness (QED) is 0.917. The Labute approximate surface area is 138 Å². The van der Waals surface area contributed by atoms with E-state index in [1.165, 1.54) is 6.07 Å². The molecule has 0 saturated carbocycles. The van der Waals surface area contributed by atoms with Crippen molar-refractivity contribution >= 4 is 17.5 Å². The molecule has 1 N–H and O–H groups in total. The number of benzene rings is 1. The first-order chi connectivity index (χ1) is 11.5. The van der Waals surface area contributed by atoms with Gasteiger partial charge in [-0.3, -0.25) is 0 Å². The largest absolute Gasteiger partial charge is 0.352 e. The van der Waals surface area contributed by atoms with Crippen molar-refractivity contribution in [1.29, 1.82) is 0 Å². The number of hydrogen-bond donors (Lipinski definition) is 1. The molecule has 8 heteroatoms. The van der Waals surface area contributed by atoms with Crippen LogP contribution in [0.5, 0.6) is 0 Å². The van der Waals surface area contributed by atoms with Crippen LogP contribution >= 0.6 is 0 Å². The van der Waals surface area contributed by atoms with Crippen molar-refractivity contribution in [1.82, 2.24) is 15.1 Å². The van der Waals surface area contributed by atoms with Crippen LogP contribution in [0.1, 0.15) is 5.69 Å². The molecule has 1 aliphatic heterocycles. The summed E-state index contributed by atoms with van der Waals surface area (Å²) in [5.41, 5.74) is 0.811. The molecule has 2 amide bonds. The van der Waals surface area contributed by atoms with Crippen molar-refractivity contribution in [3.05, 3.63) is 47.7 Å². The summed E-state index contributed by atoms with van der Waals surface area (Å²) in [6.07, 6.45) is 0. The molecular weight excluding hydrogens is 316 g/mol. The molecule has 24 heavy (non-hydrogen) atoms. The highest BCUT2D eigenvalue weighted by Crippen LogP contribution is 2.17. The molecule has 2 heterocycles. The number of anilines is 2. The average molecular weight is 333 g/mol. The van der Waals surface area contributed by atoms with Gasteiger partial charge in [0.1, 0.15) is 11.6 Å². The Morgan fingerprint density at radius 3 is 2.46 bits per heavy atom. The minimum Gasteiger partial charge on any atom is -0.352 e. The number of hydrogen-bond acceptors (Lipinski definition) is 4. The van der Waals surface area contributed by atoms with Crippen molar-refractivity contribution < 1.29 is 13.6 Å². The van der Waals surface area contributed by atoms with Gasteiger partial charge in [-0.05, 0) is 31.2 Å². The summed E-state index contributed by atoms with van der Waals surface area (Å²) < 4.78 is 26.5. The highest BCUT2D eigenvalue weighted by atomic mass is 19.1. The summed E-state index contributed by atoms with van der Waals surface area (Å²) in [4.78, 5) is 15.8. The van der Waals surface area contributed by atoms with Crippen LogP contribution in [-0.2, 0) is 0 Å². The first-order valence-corrected chi connectivity index (χ1v) is 7.59. The number of nitrogens with zero attached hydrogens (tertiary/aromatic N) is 4. The number of carbonyl (C=O) groups is 1. The standard InChI is InChI=1S/C16H17F2N5O/c1-11-2-5-15(21-20-11)22-6-8-23(9-7-22)16(24)19-14-4-3-12(17)10-13(14)18/h2-5,10H,6-9H2,1H3,(H,19,24). The van der Waals surface area contributed by atoms with Crippen LogP contribution in [0.25, 0.3) is 0 Å². The van der Waals surface area contributed by atoms with Crippen LogP contribution in [0.2, 0.25) is 0 Å². The second-order valence-corrected chi connectivity index (χ2v) is 5.56. The van der Waals surface area contributed by atoms with E-state index in [1.54, 1.807) is 4.90 Å². The Morgan fingerprint density at radius 1 is 1.08 bits per heavy atom. The molecule has 1 saturated heterocycles. The summed E-state index contributed by atoms with van der Waals surface area (Å²) in [6, 6.07) is 6.43. The van der Waals surface area contributed by atoms with E-state index in [2.05, 4.69) is 15.5 Å². The Bertz CT molecular complexity index is 730. The zero-order valence-corrected chi connectivity index (χ0v) is 13.2. The molecule has 0 unspecified atom stereocenters. The number of carbonyl (C=O) groups excluding carboxylic acids is 1. The molecule has 6 nitrogen and oxygen atoms in total. The molecule has 1 aromatic heterocycles. The lowest BCUT2D eigenvalue weighted by atomic mass is 10.3. The van der Waals surface area contributed by atoms with E-state index in [4.69, 9.17) is 0 Å². The molecule has 0 spiro atoms. The predicted octanol–water partition coefficient (Wildman–Crippen LogP) is 2.42. The first kappa shape index (κ1) is 16.1. The molecule has 1 fully saturated rings. The van der Waals surface area contributed by atoms with Gasteiger partial charge in [-0.1, -0.05) is 0 Å². The van der Waals surface area contributed by atoms with E-state index in [1.807, 2.05) is 24.0 Å². The van der Waals surface area contributed by atoms with Gasteiger partial charge in [-0.25, -0.2) is 13.6 Å². The molecule has 1 aliphatic rings. The fourth-order valence-corrected chi connectivity index (χ4v) is 2.48. The molecule has 1 aromatic carbocycles. The lowest BCUT2D eigenvalue weighted by molar-refractivity contribution is 0.208. The van der Waals surface area contributed by atoms with Gasteiger partial charge in [0, 0.05) is 32.2 Å². The van der Waals surface area contributed by atoms with E-state index in [0.717, 1.165) is 23.6 Å². The lowest BCUT2D eigenvalue weighted by Crippen LogP contribution is -2.50. The zero-order chi connectivity index (χ0) is 17.1. The van der Waals surface area contributed by atoms with Gasteiger partial charge in [0.05, 0.1) is 11.4 Å². The zero-order valence-electron chi connectivity index (χ0n) is 13.2. The number of amides is 2. The maximum atomic E-state index is 13.6. The Kier molecular flexibility index (Phi) is 4.54. The Hall–Kier alpha value is -2.77. The highest BCUT2D eigenvalue weighted by Gasteiger charge is 2.22. The minimum atomic E-state index is -0.795. The van der Waals surface area contributed by atoms with E-state index < -0.39 is 17.7 Å². The van der Waals surface area contributed by atoms with Gasteiger partial charge in [-0.15, -0.1) is 5.10 Å². The van der Waals surface area contributed by atoms with Crippen LogP contribution in [-0.4, -0.2) is 47.3 Å². The maximum absolute atomic E-state index is 13.6. The van der Waals surface area contributed by atoms with Gasteiger partial charge >= 0.3 is 6.03 Å². The number of aryl methyl sites for hydroxylation is 1. The fraction of sp³-hybridized carbons (Fsp3) is 0.312. The SMILES string of the molecule is Cc1ccc(N2CCN(C(=O)Nc3ccc(F)cc3F)CC2)nn1. The smallest absolute Gasteiger partial charge is 0.322 e. The normalized spacial score (nSPS) is 14.6. The molecule has 126 valence electrons. The molecule has 3 rings (SSSR count). The number of rotatable bonds is 2. The molecule has 0 bridgehead atoms. The van der Waals surface area contributed by atoms with Crippen LogP contribution in [0.3, 0.4) is 0 Å². The van der Waals surface area contributed by atoms with E-state index in [9.17, 15) is 13.6 Å².